The number of amides is 1. The van der Waals surface area contributed by atoms with Crippen LogP contribution >= 0.6 is 0 Å². The molecule has 0 aliphatic carbocycles. The van der Waals surface area contributed by atoms with Crippen LogP contribution in [0.1, 0.15) is 20.8 Å². The van der Waals surface area contributed by atoms with E-state index >= 15 is 0 Å². The Bertz CT molecular complexity index is 458. The number of pyridine rings is 1. The molecule has 5 nitrogen and oxygen atoms in total. The lowest BCUT2D eigenvalue weighted by atomic mass is 10.2. The maximum Gasteiger partial charge on any atom is 0.417 e. The Morgan fingerprint density at radius 1 is 1.47 bits per heavy atom. The molecular formula is C12H15N3O2. The minimum atomic E-state index is -0.553. The smallest absolute Gasteiger partial charge is 0.417 e. The molecule has 1 rings (SSSR count). The molecule has 0 unspecified atom stereocenters. The molecule has 5 heteroatoms. The van der Waals surface area contributed by atoms with Crippen LogP contribution in [0.25, 0.3) is 4.85 Å². The summed E-state index contributed by atoms with van der Waals surface area (Å²) in [5.74, 6) is 0.644. The second kappa shape index (κ2) is 4.83. The monoisotopic (exact) mass is 233 g/mol. The zero-order valence-electron chi connectivity index (χ0n) is 10.4. The van der Waals surface area contributed by atoms with E-state index in [4.69, 9.17) is 11.3 Å². The second-order valence-corrected chi connectivity index (χ2v) is 4.51. The molecule has 0 saturated heterocycles. The topological polar surface area (TPSA) is 46.8 Å². The summed E-state index contributed by atoms with van der Waals surface area (Å²) in [6.07, 6.45) is -0.493. The number of carbonyl (C=O) groups is 1. The Labute approximate surface area is 101 Å². The van der Waals surface area contributed by atoms with E-state index in [1.54, 1.807) is 46.0 Å². The van der Waals surface area contributed by atoms with Crippen LogP contribution in [-0.4, -0.2) is 23.7 Å². The third kappa shape index (κ3) is 3.76. The van der Waals surface area contributed by atoms with Gasteiger partial charge in [-0.3, -0.25) is 0 Å². The minimum Gasteiger partial charge on any atom is -0.443 e. The van der Waals surface area contributed by atoms with Crippen molar-refractivity contribution in [2.24, 2.45) is 0 Å². The van der Waals surface area contributed by atoms with Gasteiger partial charge in [0.1, 0.15) is 5.60 Å². The summed E-state index contributed by atoms with van der Waals surface area (Å²) >= 11 is 0. The molecule has 0 aliphatic rings. The number of anilines is 1. The number of rotatable bonds is 1. The number of hydrogen-bond acceptors (Lipinski definition) is 3. The molecule has 0 radical (unpaired) electrons. The lowest BCUT2D eigenvalue weighted by Gasteiger charge is -2.23. The van der Waals surface area contributed by atoms with Crippen molar-refractivity contribution in [3.63, 3.8) is 0 Å². The van der Waals surface area contributed by atoms with E-state index < -0.39 is 11.7 Å². The highest BCUT2D eigenvalue weighted by atomic mass is 16.6. The first kappa shape index (κ1) is 13.0. The number of ether oxygens (including phenoxy) is 1. The molecule has 1 amide bonds. The molecule has 0 aromatic carbocycles. The molecule has 0 aliphatic heterocycles. The summed E-state index contributed by atoms with van der Waals surface area (Å²) in [5, 5.41) is 0. The van der Waals surface area contributed by atoms with Crippen LogP contribution in [0, 0.1) is 6.57 Å². The average molecular weight is 233 g/mol. The van der Waals surface area contributed by atoms with Crippen molar-refractivity contribution in [3.8, 4) is 0 Å². The maximum absolute atomic E-state index is 11.7. The van der Waals surface area contributed by atoms with E-state index in [-0.39, 0.29) is 5.82 Å². The summed E-state index contributed by atoms with van der Waals surface area (Å²) in [4.78, 5) is 20.2. The van der Waals surface area contributed by atoms with Crippen LogP contribution in [0.3, 0.4) is 0 Å². The summed E-state index contributed by atoms with van der Waals surface area (Å²) in [6, 6.07) is 4.91. The van der Waals surface area contributed by atoms with Gasteiger partial charge in [-0.25, -0.2) is 9.69 Å². The zero-order valence-corrected chi connectivity index (χ0v) is 10.4. The number of carbonyl (C=O) groups excluding carboxylic acids is 1. The molecule has 1 aromatic heterocycles. The highest BCUT2D eigenvalue weighted by Gasteiger charge is 2.22. The van der Waals surface area contributed by atoms with Gasteiger partial charge in [-0.15, -0.1) is 4.98 Å². The average Bonchev–Trinajstić information content (AvgIpc) is 2.26. The number of nitrogens with zero attached hydrogens (tertiary/aromatic N) is 3. The van der Waals surface area contributed by atoms with Crippen LogP contribution in [0.2, 0.25) is 0 Å². The number of hydrogen-bond donors (Lipinski definition) is 0. The fraction of sp³-hybridized carbons (Fsp3) is 0.417. The first-order chi connectivity index (χ1) is 7.83. The van der Waals surface area contributed by atoms with E-state index in [0.717, 1.165) is 0 Å². The standard InChI is InChI=1S/C12H15N3O2/c1-12(2,3)17-11(16)15(5)10-8-6-7-9(13-4)14-10/h6-8H,1-3,5H3. The molecule has 90 valence electrons. The van der Waals surface area contributed by atoms with Crippen molar-refractivity contribution in [1.82, 2.24) is 4.98 Å². The third-order valence-electron chi connectivity index (χ3n) is 1.85. The van der Waals surface area contributed by atoms with Crippen LogP contribution in [-0.2, 0) is 4.74 Å². The molecule has 1 aromatic rings. The number of aromatic nitrogens is 1. The predicted octanol–water partition coefficient (Wildman–Crippen LogP) is 3.00. The summed E-state index contributed by atoms with van der Waals surface area (Å²) in [5.41, 5.74) is -0.553. The van der Waals surface area contributed by atoms with Gasteiger partial charge in [0.05, 0.1) is 0 Å². The molecule has 0 fully saturated rings. The first-order valence-corrected chi connectivity index (χ1v) is 5.15. The fourth-order valence-electron chi connectivity index (χ4n) is 1.09. The largest absolute Gasteiger partial charge is 0.443 e. The lowest BCUT2D eigenvalue weighted by molar-refractivity contribution is 0.0588. The zero-order chi connectivity index (χ0) is 13.1. The van der Waals surface area contributed by atoms with Gasteiger partial charge in [-0.1, -0.05) is 12.6 Å². The van der Waals surface area contributed by atoms with E-state index in [1.165, 1.54) is 4.90 Å². The fourth-order valence-corrected chi connectivity index (χ4v) is 1.09. The van der Waals surface area contributed by atoms with Gasteiger partial charge in [0.2, 0.25) is 5.82 Å². The van der Waals surface area contributed by atoms with Crippen LogP contribution in [0.4, 0.5) is 16.4 Å². The molecule has 0 saturated carbocycles. The Kier molecular flexibility index (Phi) is 3.69. The molecule has 17 heavy (non-hydrogen) atoms. The van der Waals surface area contributed by atoms with Gasteiger partial charge in [0, 0.05) is 13.1 Å². The van der Waals surface area contributed by atoms with Gasteiger partial charge in [0.15, 0.2) is 0 Å². The van der Waals surface area contributed by atoms with Crippen molar-refractivity contribution >= 4 is 17.7 Å². The van der Waals surface area contributed by atoms with Gasteiger partial charge >= 0.3 is 6.09 Å². The van der Waals surface area contributed by atoms with E-state index in [9.17, 15) is 4.79 Å². The summed E-state index contributed by atoms with van der Waals surface area (Å²) < 4.78 is 5.20. The Balaban J connectivity index is 2.86. The molecule has 0 N–H and O–H groups in total. The van der Waals surface area contributed by atoms with Crippen molar-refractivity contribution in [2.75, 3.05) is 11.9 Å². The predicted molar refractivity (Wildman–Crippen MR) is 65.1 cm³/mol. The first-order valence-electron chi connectivity index (χ1n) is 5.15. The van der Waals surface area contributed by atoms with Crippen molar-refractivity contribution in [2.45, 2.75) is 26.4 Å². The summed E-state index contributed by atoms with van der Waals surface area (Å²) in [6.45, 7) is 12.2. The van der Waals surface area contributed by atoms with Gasteiger partial charge in [0.25, 0.3) is 5.82 Å². The molecule has 1 heterocycles. The normalized spacial score (nSPS) is 10.5. The van der Waals surface area contributed by atoms with Crippen molar-refractivity contribution < 1.29 is 9.53 Å². The molecular weight excluding hydrogens is 218 g/mol. The SMILES string of the molecule is [C-]#[N+]c1cccc(N(C)C(=O)OC(C)(C)C)n1. The van der Waals surface area contributed by atoms with Crippen LogP contribution in [0.15, 0.2) is 18.2 Å². The van der Waals surface area contributed by atoms with E-state index in [1.807, 2.05) is 0 Å². The lowest BCUT2D eigenvalue weighted by Crippen LogP contribution is -2.34. The van der Waals surface area contributed by atoms with E-state index in [2.05, 4.69) is 9.83 Å². The maximum atomic E-state index is 11.7. The van der Waals surface area contributed by atoms with Crippen molar-refractivity contribution in [3.05, 3.63) is 29.6 Å². The Morgan fingerprint density at radius 2 is 2.12 bits per heavy atom. The third-order valence-corrected chi connectivity index (χ3v) is 1.85. The van der Waals surface area contributed by atoms with Gasteiger partial charge in [-0.05, 0) is 26.8 Å². The van der Waals surface area contributed by atoms with Gasteiger partial charge < -0.3 is 9.58 Å². The highest BCUT2D eigenvalue weighted by molar-refractivity contribution is 5.86. The molecule has 0 bridgehead atoms. The quantitative estimate of drug-likeness (QED) is 0.700. The summed E-state index contributed by atoms with van der Waals surface area (Å²) in [7, 11) is 1.56. The van der Waals surface area contributed by atoms with Gasteiger partial charge in [-0.2, -0.15) is 0 Å². The highest BCUT2D eigenvalue weighted by Crippen LogP contribution is 2.17. The Hall–Kier alpha value is -2.09. The van der Waals surface area contributed by atoms with Crippen LogP contribution < -0.4 is 4.90 Å². The van der Waals surface area contributed by atoms with E-state index in [0.29, 0.717) is 5.82 Å². The van der Waals surface area contributed by atoms with Crippen LogP contribution in [0.5, 0.6) is 0 Å². The Morgan fingerprint density at radius 3 is 2.65 bits per heavy atom. The minimum absolute atomic E-state index is 0.248. The second-order valence-electron chi connectivity index (χ2n) is 4.51. The molecule has 0 spiro atoms. The van der Waals surface area contributed by atoms with Crippen molar-refractivity contribution in [1.29, 1.82) is 0 Å². The molecule has 0 atom stereocenters.